The summed E-state index contributed by atoms with van der Waals surface area (Å²) >= 11 is 11.6. The van der Waals surface area contributed by atoms with Gasteiger partial charge in [-0.05, 0) is 36.4 Å². The normalized spacial score (nSPS) is 10.2. The second kappa shape index (κ2) is 5.30. The highest BCUT2D eigenvalue weighted by atomic mass is 35.5. The number of halogens is 2. The molecular formula is C13H11Cl2NO. The van der Waals surface area contributed by atoms with Gasteiger partial charge < -0.3 is 10.5 Å². The van der Waals surface area contributed by atoms with E-state index in [0.29, 0.717) is 22.3 Å². The van der Waals surface area contributed by atoms with Crippen LogP contribution < -0.4 is 10.5 Å². The lowest BCUT2D eigenvalue weighted by atomic mass is 10.2. The Morgan fingerprint density at radius 3 is 2.24 bits per heavy atom. The number of rotatable bonds is 3. The van der Waals surface area contributed by atoms with Gasteiger partial charge in [0.1, 0.15) is 12.4 Å². The largest absolute Gasteiger partial charge is 0.489 e. The van der Waals surface area contributed by atoms with Crippen LogP contribution in [0.15, 0.2) is 42.5 Å². The summed E-state index contributed by atoms with van der Waals surface area (Å²) in [5.74, 6) is 0.753. The summed E-state index contributed by atoms with van der Waals surface area (Å²) in [7, 11) is 0. The lowest BCUT2D eigenvalue weighted by molar-refractivity contribution is 0.307. The van der Waals surface area contributed by atoms with Gasteiger partial charge in [-0.1, -0.05) is 29.3 Å². The maximum absolute atomic E-state index is 5.82. The molecule has 4 heteroatoms. The second-order valence-corrected chi connectivity index (χ2v) is 4.46. The third-order valence-electron chi connectivity index (χ3n) is 2.32. The van der Waals surface area contributed by atoms with Crippen LogP contribution in [0.3, 0.4) is 0 Å². The molecule has 0 aromatic heterocycles. The number of anilines is 1. The van der Waals surface area contributed by atoms with Gasteiger partial charge in [-0.15, -0.1) is 0 Å². The maximum Gasteiger partial charge on any atom is 0.119 e. The van der Waals surface area contributed by atoms with Crippen LogP contribution in [0.5, 0.6) is 5.75 Å². The molecule has 2 aromatic carbocycles. The van der Waals surface area contributed by atoms with Crippen molar-refractivity contribution >= 4 is 28.9 Å². The van der Waals surface area contributed by atoms with Crippen LogP contribution >= 0.6 is 23.2 Å². The Hall–Kier alpha value is -1.38. The molecular weight excluding hydrogens is 257 g/mol. The van der Waals surface area contributed by atoms with Crippen molar-refractivity contribution in [3.63, 3.8) is 0 Å². The molecule has 17 heavy (non-hydrogen) atoms. The Kier molecular flexibility index (Phi) is 3.77. The minimum absolute atomic E-state index is 0.407. The highest BCUT2D eigenvalue weighted by molar-refractivity contribution is 6.31. The van der Waals surface area contributed by atoms with E-state index in [1.165, 1.54) is 0 Å². The molecule has 0 heterocycles. The van der Waals surface area contributed by atoms with E-state index in [9.17, 15) is 0 Å². The van der Waals surface area contributed by atoms with Crippen molar-refractivity contribution in [2.75, 3.05) is 5.73 Å². The van der Waals surface area contributed by atoms with Crippen molar-refractivity contribution in [3.05, 3.63) is 58.1 Å². The molecule has 0 saturated carbocycles. The van der Waals surface area contributed by atoms with Crippen LogP contribution in [0, 0.1) is 0 Å². The van der Waals surface area contributed by atoms with Crippen LogP contribution in [-0.2, 0) is 6.61 Å². The number of hydrogen-bond donors (Lipinski definition) is 1. The summed E-state index contributed by atoms with van der Waals surface area (Å²) in [5.41, 5.74) is 7.36. The summed E-state index contributed by atoms with van der Waals surface area (Å²) in [6, 6.07) is 12.5. The van der Waals surface area contributed by atoms with Crippen molar-refractivity contribution in [1.29, 1.82) is 0 Å². The van der Waals surface area contributed by atoms with Crippen LogP contribution in [0.2, 0.25) is 10.0 Å². The molecule has 2 aromatic rings. The van der Waals surface area contributed by atoms with Crippen LogP contribution in [0.1, 0.15) is 5.56 Å². The quantitative estimate of drug-likeness (QED) is 0.848. The molecule has 0 radical (unpaired) electrons. The maximum atomic E-state index is 5.82. The Morgan fingerprint density at radius 2 is 1.59 bits per heavy atom. The summed E-state index contributed by atoms with van der Waals surface area (Å²) in [4.78, 5) is 0. The molecule has 2 rings (SSSR count). The predicted octanol–water partition coefficient (Wildman–Crippen LogP) is 4.15. The van der Waals surface area contributed by atoms with Gasteiger partial charge in [-0.25, -0.2) is 0 Å². The molecule has 0 amide bonds. The first-order valence-electron chi connectivity index (χ1n) is 5.07. The van der Waals surface area contributed by atoms with Crippen molar-refractivity contribution in [3.8, 4) is 5.75 Å². The van der Waals surface area contributed by atoms with E-state index in [0.717, 1.165) is 11.3 Å². The molecule has 88 valence electrons. The lowest BCUT2D eigenvalue weighted by Crippen LogP contribution is -1.99. The molecule has 0 fully saturated rings. The van der Waals surface area contributed by atoms with Crippen LogP contribution in [-0.4, -0.2) is 0 Å². The Labute approximate surface area is 110 Å². The number of benzene rings is 2. The SMILES string of the molecule is Nc1cc(Cl)ccc1COc1ccc(Cl)cc1. The zero-order valence-corrected chi connectivity index (χ0v) is 10.5. The van der Waals surface area contributed by atoms with E-state index in [-0.39, 0.29) is 0 Å². The zero-order valence-electron chi connectivity index (χ0n) is 8.99. The summed E-state index contributed by atoms with van der Waals surface area (Å²) in [6.07, 6.45) is 0. The van der Waals surface area contributed by atoms with Gasteiger partial charge in [-0.3, -0.25) is 0 Å². The zero-order chi connectivity index (χ0) is 12.3. The first kappa shape index (κ1) is 12.1. The standard InChI is InChI=1S/C13H11Cl2NO/c14-10-3-5-12(6-4-10)17-8-9-1-2-11(15)7-13(9)16/h1-7H,8,16H2. The highest BCUT2D eigenvalue weighted by Gasteiger charge is 2.01. The van der Waals surface area contributed by atoms with Gasteiger partial charge in [0.2, 0.25) is 0 Å². The van der Waals surface area contributed by atoms with Gasteiger partial charge in [0, 0.05) is 21.3 Å². The fourth-order valence-corrected chi connectivity index (χ4v) is 1.70. The second-order valence-electron chi connectivity index (χ2n) is 3.59. The molecule has 0 aliphatic carbocycles. The van der Waals surface area contributed by atoms with Gasteiger partial charge >= 0.3 is 0 Å². The number of nitrogen functional groups attached to an aromatic ring is 1. The van der Waals surface area contributed by atoms with E-state index in [4.69, 9.17) is 33.7 Å². The Bertz CT molecular complexity index is 511. The van der Waals surface area contributed by atoms with Crippen LogP contribution in [0.4, 0.5) is 5.69 Å². The van der Waals surface area contributed by atoms with E-state index in [1.54, 1.807) is 24.3 Å². The average molecular weight is 268 g/mol. The van der Waals surface area contributed by atoms with Gasteiger partial charge in [-0.2, -0.15) is 0 Å². The van der Waals surface area contributed by atoms with E-state index in [2.05, 4.69) is 0 Å². The number of ether oxygens (including phenoxy) is 1. The third-order valence-corrected chi connectivity index (χ3v) is 2.80. The topological polar surface area (TPSA) is 35.2 Å². The number of hydrogen-bond acceptors (Lipinski definition) is 2. The minimum atomic E-state index is 0.407. The summed E-state index contributed by atoms with van der Waals surface area (Å²) in [5, 5.41) is 1.31. The summed E-state index contributed by atoms with van der Waals surface area (Å²) < 4.78 is 5.59. The van der Waals surface area contributed by atoms with Crippen molar-refractivity contribution in [1.82, 2.24) is 0 Å². The monoisotopic (exact) mass is 267 g/mol. The van der Waals surface area contributed by atoms with E-state index < -0.39 is 0 Å². The van der Waals surface area contributed by atoms with E-state index in [1.807, 2.05) is 18.2 Å². The van der Waals surface area contributed by atoms with Crippen molar-refractivity contribution < 1.29 is 4.74 Å². The molecule has 2 N–H and O–H groups in total. The number of nitrogens with two attached hydrogens (primary N) is 1. The lowest BCUT2D eigenvalue weighted by Gasteiger charge is -2.08. The average Bonchev–Trinajstić information content (AvgIpc) is 2.30. The Balaban J connectivity index is 2.04. The van der Waals surface area contributed by atoms with E-state index >= 15 is 0 Å². The highest BCUT2D eigenvalue weighted by Crippen LogP contribution is 2.21. The fourth-order valence-electron chi connectivity index (χ4n) is 1.39. The Morgan fingerprint density at radius 1 is 0.941 bits per heavy atom. The van der Waals surface area contributed by atoms with Gasteiger partial charge in [0.05, 0.1) is 0 Å². The predicted molar refractivity (Wildman–Crippen MR) is 71.6 cm³/mol. The molecule has 0 saturated heterocycles. The van der Waals surface area contributed by atoms with Crippen molar-refractivity contribution in [2.24, 2.45) is 0 Å². The summed E-state index contributed by atoms with van der Waals surface area (Å²) in [6.45, 7) is 0.407. The molecule has 0 spiro atoms. The molecule has 0 unspecified atom stereocenters. The van der Waals surface area contributed by atoms with Gasteiger partial charge in [0.15, 0.2) is 0 Å². The molecule has 0 atom stereocenters. The minimum Gasteiger partial charge on any atom is -0.489 e. The first-order chi connectivity index (χ1) is 8.15. The molecule has 2 nitrogen and oxygen atoms in total. The van der Waals surface area contributed by atoms with Crippen LogP contribution in [0.25, 0.3) is 0 Å². The molecule has 0 aliphatic rings. The first-order valence-corrected chi connectivity index (χ1v) is 5.83. The van der Waals surface area contributed by atoms with Gasteiger partial charge in [0.25, 0.3) is 0 Å². The molecule has 0 aliphatic heterocycles. The fraction of sp³-hybridized carbons (Fsp3) is 0.0769. The molecule has 0 bridgehead atoms. The smallest absolute Gasteiger partial charge is 0.119 e. The van der Waals surface area contributed by atoms with Crippen molar-refractivity contribution in [2.45, 2.75) is 6.61 Å². The third kappa shape index (κ3) is 3.29.